The molecule has 0 fully saturated rings. The summed E-state index contributed by atoms with van der Waals surface area (Å²) in [4.78, 5) is 13.9. The lowest BCUT2D eigenvalue weighted by atomic mass is 9.63. The molecule has 3 nitrogen and oxygen atoms in total. The number of benzene rings is 2. The molecule has 2 aromatic carbocycles. The lowest BCUT2D eigenvalue weighted by Gasteiger charge is -2.42. The standard InChI is InChI=1S/C23H25NO2/c1-22(2)7-8-23(3,4)19-11-16-9-14(5-6-15(16)10-18(19)22)17-12-20(21(25)26)24-13-17/h5-6,9-13,24H,7-8H2,1-4H3,(H,25,26). The largest absolute Gasteiger partial charge is 0.477 e. The second-order valence-corrected chi connectivity index (χ2v) is 8.83. The summed E-state index contributed by atoms with van der Waals surface area (Å²) < 4.78 is 0. The molecule has 0 radical (unpaired) electrons. The van der Waals surface area contributed by atoms with Crippen LogP contribution in [0.1, 0.15) is 62.2 Å². The lowest BCUT2D eigenvalue weighted by molar-refractivity contribution is 0.0691. The van der Waals surface area contributed by atoms with E-state index in [0.717, 1.165) is 11.1 Å². The Kier molecular flexibility index (Phi) is 3.56. The van der Waals surface area contributed by atoms with Crippen molar-refractivity contribution in [3.63, 3.8) is 0 Å². The van der Waals surface area contributed by atoms with E-state index < -0.39 is 5.97 Å². The molecule has 0 saturated heterocycles. The summed E-state index contributed by atoms with van der Waals surface area (Å²) in [5, 5.41) is 11.6. The highest BCUT2D eigenvalue weighted by Gasteiger charge is 2.37. The van der Waals surface area contributed by atoms with Gasteiger partial charge in [-0.3, -0.25) is 0 Å². The molecule has 2 N–H and O–H groups in total. The highest BCUT2D eigenvalue weighted by atomic mass is 16.4. The van der Waals surface area contributed by atoms with Crippen LogP contribution in [0.15, 0.2) is 42.6 Å². The van der Waals surface area contributed by atoms with Crippen molar-refractivity contribution in [1.82, 2.24) is 4.98 Å². The number of aromatic amines is 1. The maximum Gasteiger partial charge on any atom is 0.352 e. The van der Waals surface area contributed by atoms with Crippen molar-refractivity contribution in [2.75, 3.05) is 0 Å². The van der Waals surface area contributed by atoms with E-state index in [9.17, 15) is 4.79 Å². The number of rotatable bonds is 2. The molecule has 0 unspecified atom stereocenters. The van der Waals surface area contributed by atoms with Crippen molar-refractivity contribution in [3.05, 3.63) is 59.4 Å². The van der Waals surface area contributed by atoms with E-state index in [-0.39, 0.29) is 16.5 Å². The summed E-state index contributed by atoms with van der Waals surface area (Å²) in [5.41, 5.74) is 5.44. The quantitative estimate of drug-likeness (QED) is 0.608. The van der Waals surface area contributed by atoms with Gasteiger partial charge in [0.2, 0.25) is 0 Å². The number of H-pyrrole nitrogens is 1. The van der Waals surface area contributed by atoms with Crippen LogP contribution in [-0.2, 0) is 10.8 Å². The second kappa shape index (κ2) is 5.47. The third-order valence-corrected chi connectivity index (χ3v) is 6.06. The number of aromatic nitrogens is 1. The third-order valence-electron chi connectivity index (χ3n) is 6.06. The van der Waals surface area contributed by atoms with Crippen LogP contribution in [0.5, 0.6) is 0 Å². The van der Waals surface area contributed by atoms with Gasteiger partial charge in [-0.25, -0.2) is 4.79 Å². The first-order valence-corrected chi connectivity index (χ1v) is 9.18. The minimum atomic E-state index is -0.935. The average molecular weight is 347 g/mol. The highest BCUT2D eigenvalue weighted by molar-refractivity contribution is 5.91. The zero-order chi connectivity index (χ0) is 18.7. The molecule has 0 aliphatic heterocycles. The Morgan fingerprint density at radius 3 is 2.08 bits per heavy atom. The van der Waals surface area contributed by atoms with Crippen LogP contribution >= 0.6 is 0 Å². The van der Waals surface area contributed by atoms with Gasteiger partial charge in [-0.05, 0) is 63.3 Å². The smallest absolute Gasteiger partial charge is 0.352 e. The van der Waals surface area contributed by atoms with Gasteiger partial charge in [-0.2, -0.15) is 0 Å². The minimum absolute atomic E-state index is 0.180. The molecule has 134 valence electrons. The first kappa shape index (κ1) is 16.9. The molecule has 4 rings (SSSR count). The summed E-state index contributed by atoms with van der Waals surface area (Å²) in [5.74, 6) is -0.935. The van der Waals surface area contributed by atoms with Crippen molar-refractivity contribution < 1.29 is 9.90 Å². The fourth-order valence-corrected chi connectivity index (χ4v) is 4.18. The number of carboxylic acids is 1. The number of fused-ring (bicyclic) bond motifs is 2. The van der Waals surface area contributed by atoms with Crippen LogP contribution in [-0.4, -0.2) is 16.1 Å². The van der Waals surface area contributed by atoms with E-state index in [4.69, 9.17) is 5.11 Å². The second-order valence-electron chi connectivity index (χ2n) is 8.83. The van der Waals surface area contributed by atoms with Crippen molar-refractivity contribution in [2.24, 2.45) is 0 Å². The Balaban J connectivity index is 1.88. The fraction of sp³-hybridized carbons (Fsp3) is 0.348. The molecule has 0 spiro atoms. The van der Waals surface area contributed by atoms with E-state index in [1.165, 1.54) is 34.7 Å². The van der Waals surface area contributed by atoms with Gasteiger partial charge in [0.05, 0.1) is 0 Å². The molecule has 1 aliphatic carbocycles. The molecular weight excluding hydrogens is 322 g/mol. The van der Waals surface area contributed by atoms with E-state index >= 15 is 0 Å². The zero-order valence-corrected chi connectivity index (χ0v) is 15.8. The summed E-state index contributed by atoms with van der Waals surface area (Å²) >= 11 is 0. The van der Waals surface area contributed by atoms with Crippen molar-refractivity contribution in [2.45, 2.75) is 51.4 Å². The summed E-state index contributed by atoms with van der Waals surface area (Å²) in [6, 6.07) is 12.8. The van der Waals surface area contributed by atoms with Gasteiger partial charge in [0.25, 0.3) is 0 Å². The van der Waals surface area contributed by atoms with E-state index in [0.29, 0.717) is 0 Å². The van der Waals surface area contributed by atoms with Crippen molar-refractivity contribution in [1.29, 1.82) is 0 Å². The fourth-order valence-electron chi connectivity index (χ4n) is 4.18. The molecule has 3 heteroatoms. The van der Waals surface area contributed by atoms with Gasteiger partial charge in [0.1, 0.15) is 5.69 Å². The normalized spacial score (nSPS) is 17.8. The Labute approximate surface area is 154 Å². The molecule has 0 saturated carbocycles. The van der Waals surface area contributed by atoms with E-state index in [2.05, 4.69) is 63.0 Å². The summed E-state index contributed by atoms with van der Waals surface area (Å²) in [7, 11) is 0. The van der Waals surface area contributed by atoms with Gasteiger partial charge in [0, 0.05) is 11.8 Å². The predicted molar refractivity (Wildman–Crippen MR) is 106 cm³/mol. The van der Waals surface area contributed by atoms with Crippen LogP contribution < -0.4 is 0 Å². The van der Waals surface area contributed by atoms with Crippen LogP contribution in [0.4, 0.5) is 0 Å². The first-order valence-electron chi connectivity index (χ1n) is 9.18. The van der Waals surface area contributed by atoms with E-state index in [1.54, 1.807) is 12.3 Å². The third kappa shape index (κ3) is 2.63. The maximum absolute atomic E-state index is 11.1. The van der Waals surface area contributed by atoms with Gasteiger partial charge in [0.15, 0.2) is 0 Å². The van der Waals surface area contributed by atoms with Crippen molar-refractivity contribution >= 4 is 16.7 Å². The van der Waals surface area contributed by atoms with Crippen LogP contribution in [0.2, 0.25) is 0 Å². The Morgan fingerprint density at radius 1 is 0.885 bits per heavy atom. The van der Waals surface area contributed by atoms with E-state index in [1.807, 2.05) is 0 Å². The monoisotopic (exact) mass is 347 g/mol. The molecule has 0 atom stereocenters. The number of hydrogen-bond donors (Lipinski definition) is 2. The molecule has 0 bridgehead atoms. The molecular formula is C23H25NO2. The number of hydrogen-bond acceptors (Lipinski definition) is 1. The first-order chi connectivity index (χ1) is 12.2. The summed E-state index contributed by atoms with van der Waals surface area (Å²) in [6.45, 7) is 9.35. The summed E-state index contributed by atoms with van der Waals surface area (Å²) in [6.07, 6.45) is 4.16. The minimum Gasteiger partial charge on any atom is -0.477 e. The molecule has 1 heterocycles. The Hall–Kier alpha value is -2.55. The van der Waals surface area contributed by atoms with Crippen LogP contribution in [0.3, 0.4) is 0 Å². The SMILES string of the molecule is CC1(C)CCC(C)(C)c2cc3cc(-c4c[nH]c(C(=O)O)c4)ccc3cc21. The molecule has 1 aromatic heterocycles. The van der Waals surface area contributed by atoms with Crippen LogP contribution in [0.25, 0.3) is 21.9 Å². The lowest BCUT2D eigenvalue weighted by Crippen LogP contribution is -2.33. The highest BCUT2D eigenvalue weighted by Crippen LogP contribution is 2.47. The Morgan fingerprint density at radius 2 is 1.50 bits per heavy atom. The molecule has 3 aromatic rings. The number of carbonyl (C=O) groups is 1. The number of carboxylic acid groups (broad SMARTS) is 1. The topological polar surface area (TPSA) is 53.1 Å². The maximum atomic E-state index is 11.1. The Bertz CT molecular complexity index is 1020. The van der Waals surface area contributed by atoms with Gasteiger partial charge < -0.3 is 10.1 Å². The van der Waals surface area contributed by atoms with Gasteiger partial charge in [-0.15, -0.1) is 0 Å². The zero-order valence-electron chi connectivity index (χ0n) is 15.8. The molecule has 1 aliphatic rings. The number of aromatic carboxylic acids is 1. The molecule has 0 amide bonds. The number of nitrogens with one attached hydrogen (secondary N) is 1. The van der Waals surface area contributed by atoms with Crippen molar-refractivity contribution in [3.8, 4) is 11.1 Å². The molecule has 26 heavy (non-hydrogen) atoms. The predicted octanol–water partition coefficient (Wildman–Crippen LogP) is 5.88. The van der Waals surface area contributed by atoms with Crippen LogP contribution in [0, 0.1) is 0 Å². The van der Waals surface area contributed by atoms with Gasteiger partial charge >= 0.3 is 5.97 Å². The average Bonchev–Trinajstić information content (AvgIpc) is 3.08. The van der Waals surface area contributed by atoms with Gasteiger partial charge in [-0.1, -0.05) is 52.0 Å².